The van der Waals surface area contributed by atoms with Crippen molar-refractivity contribution in [3.8, 4) is 6.07 Å². The van der Waals surface area contributed by atoms with Gasteiger partial charge in [-0.1, -0.05) is 30.8 Å². The molecule has 1 aromatic carbocycles. The number of hydrogen-bond donors (Lipinski definition) is 1. The van der Waals surface area contributed by atoms with E-state index in [-0.39, 0.29) is 22.3 Å². The molecule has 2 rings (SSSR count). The van der Waals surface area contributed by atoms with Gasteiger partial charge < -0.3 is 10.0 Å². The Balaban J connectivity index is 2.30. The summed E-state index contributed by atoms with van der Waals surface area (Å²) < 4.78 is 0. The molecule has 1 amide bonds. The van der Waals surface area contributed by atoms with Gasteiger partial charge in [-0.25, -0.2) is 4.79 Å². The highest BCUT2D eigenvalue weighted by atomic mass is 32.2. The smallest absolute Gasteiger partial charge is 0.327 e. The topological polar surface area (TPSA) is 116 Å². The first-order valence-corrected chi connectivity index (χ1v) is 10.1. The number of rotatable bonds is 6. The van der Waals surface area contributed by atoms with Crippen molar-refractivity contribution in [2.45, 2.75) is 25.1 Å². The molecule has 1 heterocycles. The summed E-state index contributed by atoms with van der Waals surface area (Å²) in [5.74, 6) is -2.38. The Morgan fingerprint density at radius 2 is 2.07 bits per heavy atom. The zero-order chi connectivity index (χ0) is 20.1. The number of carboxylic acid groups (broad SMARTS) is 1. The molecule has 1 saturated heterocycles. The first kappa shape index (κ1) is 21.0. The molecule has 3 atom stereocenters. The van der Waals surface area contributed by atoms with E-state index in [1.807, 2.05) is 6.07 Å². The Hall–Kier alpha value is -2.31. The van der Waals surface area contributed by atoms with Gasteiger partial charge in [-0.15, -0.1) is 11.8 Å². The first-order chi connectivity index (χ1) is 12.8. The van der Waals surface area contributed by atoms with Crippen LogP contribution in [0.25, 0.3) is 0 Å². The zero-order valence-corrected chi connectivity index (χ0v) is 16.4. The molecule has 1 aliphatic rings. The highest BCUT2D eigenvalue weighted by Gasteiger charge is 2.41. The highest BCUT2D eigenvalue weighted by molar-refractivity contribution is 8.14. The SMILES string of the molecule is CC(=O)SC(C(=O)c1cccc(C#N)c1)[C@@H](C)C(=O)N1CSC[C@H]1C(=O)O. The van der Waals surface area contributed by atoms with Crippen LogP contribution in [-0.2, 0) is 14.4 Å². The second kappa shape index (κ2) is 9.06. The number of Topliss-reactive ketones (excluding diaryl/α,β-unsaturated/α-hetero) is 1. The number of hydrogen-bond acceptors (Lipinski definition) is 7. The van der Waals surface area contributed by atoms with Gasteiger partial charge in [0.05, 0.1) is 28.7 Å². The summed E-state index contributed by atoms with van der Waals surface area (Å²) >= 11 is 2.08. The van der Waals surface area contributed by atoms with Crippen molar-refractivity contribution < 1.29 is 24.3 Å². The maximum Gasteiger partial charge on any atom is 0.327 e. The van der Waals surface area contributed by atoms with Crippen molar-refractivity contribution in [2.24, 2.45) is 5.92 Å². The molecule has 0 saturated carbocycles. The van der Waals surface area contributed by atoms with Gasteiger partial charge in [0, 0.05) is 18.2 Å². The van der Waals surface area contributed by atoms with Gasteiger partial charge in [0.1, 0.15) is 6.04 Å². The molecule has 9 heteroatoms. The van der Waals surface area contributed by atoms with Crippen molar-refractivity contribution in [2.75, 3.05) is 11.6 Å². The summed E-state index contributed by atoms with van der Waals surface area (Å²) in [5.41, 5.74) is 0.534. The Morgan fingerprint density at radius 1 is 1.37 bits per heavy atom. The number of thioether (sulfide) groups is 2. The zero-order valence-electron chi connectivity index (χ0n) is 14.7. The van der Waals surface area contributed by atoms with Crippen LogP contribution in [0.1, 0.15) is 29.8 Å². The summed E-state index contributed by atoms with van der Waals surface area (Å²) in [7, 11) is 0. The number of nitrogens with zero attached hydrogens (tertiary/aromatic N) is 2. The van der Waals surface area contributed by atoms with E-state index in [9.17, 15) is 24.3 Å². The van der Waals surface area contributed by atoms with Crippen LogP contribution in [0.4, 0.5) is 0 Å². The number of benzene rings is 1. The average molecular weight is 406 g/mol. The fraction of sp³-hybridized carbons (Fsp3) is 0.389. The number of nitriles is 1. The van der Waals surface area contributed by atoms with Crippen LogP contribution < -0.4 is 0 Å². The molecular weight excluding hydrogens is 388 g/mol. The molecule has 0 radical (unpaired) electrons. The molecule has 1 unspecified atom stereocenters. The van der Waals surface area contributed by atoms with Gasteiger partial charge >= 0.3 is 5.97 Å². The number of ketones is 1. The van der Waals surface area contributed by atoms with Crippen LogP contribution in [0.2, 0.25) is 0 Å². The van der Waals surface area contributed by atoms with E-state index in [1.165, 1.54) is 42.6 Å². The van der Waals surface area contributed by atoms with Crippen molar-refractivity contribution in [1.29, 1.82) is 5.26 Å². The lowest BCUT2D eigenvalue weighted by molar-refractivity contribution is -0.149. The normalized spacial score (nSPS) is 18.4. The first-order valence-electron chi connectivity index (χ1n) is 8.09. The number of carbonyl (C=O) groups excluding carboxylic acids is 3. The van der Waals surface area contributed by atoms with Gasteiger partial charge in [-0.05, 0) is 12.1 Å². The van der Waals surface area contributed by atoms with Crippen molar-refractivity contribution in [1.82, 2.24) is 4.90 Å². The lowest BCUT2D eigenvalue weighted by Crippen LogP contribution is -2.47. The van der Waals surface area contributed by atoms with E-state index in [2.05, 4.69) is 0 Å². The lowest BCUT2D eigenvalue weighted by atomic mass is 9.96. The summed E-state index contributed by atoms with van der Waals surface area (Å²) in [6.07, 6.45) is 0. The number of amides is 1. The van der Waals surface area contributed by atoms with Gasteiger partial charge in [0.25, 0.3) is 0 Å². The molecule has 0 bridgehead atoms. The molecule has 0 aliphatic carbocycles. The summed E-state index contributed by atoms with van der Waals surface area (Å²) in [6, 6.07) is 7.07. The summed E-state index contributed by atoms with van der Waals surface area (Å²) in [6.45, 7) is 2.83. The Kier molecular flexibility index (Phi) is 7.05. The van der Waals surface area contributed by atoms with Gasteiger partial charge in [-0.3, -0.25) is 14.4 Å². The quantitative estimate of drug-likeness (QED) is 0.713. The minimum absolute atomic E-state index is 0.232. The Morgan fingerprint density at radius 3 is 2.67 bits per heavy atom. The molecule has 27 heavy (non-hydrogen) atoms. The molecule has 7 nitrogen and oxygen atoms in total. The summed E-state index contributed by atoms with van der Waals surface area (Å²) in [4.78, 5) is 50.1. The Bertz CT molecular complexity index is 820. The molecular formula is C18H18N2O5S2. The highest BCUT2D eigenvalue weighted by Crippen LogP contribution is 2.30. The summed E-state index contributed by atoms with van der Waals surface area (Å²) in [5, 5.41) is 17.0. The van der Waals surface area contributed by atoms with Crippen LogP contribution >= 0.6 is 23.5 Å². The number of carboxylic acids is 1. The van der Waals surface area contributed by atoms with E-state index in [1.54, 1.807) is 12.1 Å². The predicted octanol–water partition coefficient (Wildman–Crippen LogP) is 2.01. The minimum atomic E-state index is -1.09. The fourth-order valence-electron chi connectivity index (χ4n) is 2.72. The predicted molar refractivity (Wildman–Crippen MR) is 102 cm³/mol. The van der Waals surface area contributed by atoms with Crippen LogP contribution in [0.5, 0.6) is 0 Å². The van der Waals surface area contributed by atoms with Crippen LogP contribution in [0.3, 0.4) is 0 Å². The molecule has 142 valence electrons. The van der Waals surface area contributed by atoms with E-state index in [0.717, 1.165) is 11.8 Å². The molecule has 0 aromatic heterocycles. The van der Waals surface area contributed by atoms with Crippen LogP contribution in [-0.4, -0.2) is 55.7 Å². The third-order valence-corrected chi connectivity index (χ3v) is 6.34. The second-order valence-electron chi connectivity index (χ2n) is 6.04. The van der Waals surface area contributed by atoms with E-state index < -0.39 is 34.9 Å². The van der Waals surface area contributed by atoms with Crippen molar-refractivity contribution in [3.63, 3.8) is 0 Å². The standard InChI is InChI=1S/C18H18N2O5S2/c1-10(17(23)20-9-26-8-14(20)18(24)25)16(27-11(2)21)15(22)13-5-3-4-12(6-13)7-19/h3-6,10,14,16H,8-9H2,1-2H3,(H,24,25)/t10-,14+,16?/m1/s1. The van der Waals surface area contributed by atoms with Crippen molar-refractivity contribution >= 4 is 46.3 Å². The average Bonchev–Trinajstić information content (AvgIpc) is 3.14. The maximum atomic E-state index is 12.9. The largest absolute Gasteiger partial charge is 0.480 e. The van der Waals surface area contributed by atoms with E-state index in [0.29, 0.717) is 5.56 Å². The van der Waals surface area contributed by atoms with Gasteiger partial charge in [0.15, 0.2) is 10.9 Å². The molecule has 0 spiro atoms. The number of carbonyl (C=O) groups is 4. The van der Waals surface area contributed by atoms with Gasteiger partial charge in [-0.2, -0.15) is 5.26 Å². The second-order valence-corrected chi connectivity index (χ2v) is 8.36. The van der Waals surface area contributed by atoms with Crippen LogP contribution in [0, 0.1) is 17.2 Å². The Labute approximate surface area is 165 Å². The third kappa shape index (κ3) is 4.90. The minimum Gasteiger partial charge on any atom is -0.480 e. The molecule has 1 N–H and O–H groups in total. The third-order valence-electron chi connectivity index (χ3n) is 4.12. The maximum absolute atomic E-state index is 12.9. The van der Waals surface area contributed by atoms with Crippen molar-refractivity contribution in [3.05, 3.63) is 35.4 Å². The number of aliphatic carboxylic acids is 1. The van der Waals surface area contributed by atoms with Crippen LogP contribution in [0.15, 0.2) is 24.3 Å². The lowest BCUT2D eigenvalue weighted by Gasteiger charge is -2.27. The van der Waals surface area contributed by atoms with Gasteiger partial charge in [0.2, 0.25) is 5.91 Å². The molecule has 1 fully saturated rings. The van der Waals surface area contributed by atoms with E-state index in [4.69, 9.17) is 5.26 Å². The fourth-order valence-corrected chi connectivity index (χ4v) is 4.80. The van der Waals surface area contributed by atoms with E-state index >= 15 is 0 Å². The monoisotopic (exact) mass is 406 g/mol. The molecule has 1 aliphatic heterocycles. The molecule has 1 aromatic rings.